The highest BCUT2D eigenvalue weighted by atomic mass is 16.6. The Morgan fingerprint density at radius 1 is 0.344 bits per heavy atom. The lowest BCUT2D eigenvalue weighted by atomic mass is 10.1. The number of unbranched alkanes of at least 4 members (excludes halogenated alkanes) is 23. The third-order valence-corrected chi connectivity index (χ3v) is 10.5. The maximum Gasteiger partial charge on any atom is 0.306 e. The zero-order chi connectivity index (χ0) is 44.4. The summed E-state index contributed by atoms with van der Waals surface area (Å²) in [6.45, 7) is 6.37. The fraction of sp³-hybridized carbons (Fsp3) is 0.691. The fourth-order valence-electron chi connectivity index (χ4n) is 6.66. The minimum atomic E-state index is -0.808. The standard InChI is InChI=1S/C55H92O6/c1-4-7-10-13-16-19-22-24-25-26-27-28-29-31-33-36-39-42-45-48-54(57)60-51-52(50-59-53(56)47-44-41-38-35-32-21-18-15-12-9-6-3)61-55(58)49-46-43-40-37-34-30-23-20-17-14-11-8-5-2/h8,11,14-15,17-18,20-21,23,26-27,30,32,34,52H,4-7,9-10,12-13,16,19,22,24-25,28-29,31,33,35-51H2,1-3H3/b11-8-,17-14-,18-15-,23-20-,27-26-,32-21-,34-30-. The van der Waals surface area contributed by atoms with Gasteiger partial charge in [-0.05, 0) is 83.5 Å². The third-order valence-electron chi connectivity index (χ3n) is 10.5. The minimum absolute atomic E-state index is 0.104. The molecule has 0 N–H and O–H groups in total. The van der Waals surface area contributed by atoms with Crippen molar-refractivity contribution in [2.24, 2.45) is 0 Å². The SMILES string of the molecule is CC\C=C/C=C\C=C/C=C\CCCCCC(=O)OC(COC(=O)CCCCC/C=C\C=C/CCCC)COC(=O)CCCCCCCCC/C=C\CCCCCCCCCC. The van der Waals surface area contributed by atoms with Crippen molar-refractivity contribution in [2.75, 3.05) is 13.2 Å². The molecule has 6 nitrogen and oxygen atoms in total. The van der Waals surface area contributed by atoms with Gasteiger partial charge < -0.3 is 14.2 Å². The van der Waals surface area contributed by atoms with Crippen LogP contribution in [0.4, 0.5) is 0 Å². The molecule has 0 rings (SSSR count). The molecule has 0 spiro atoms. The smallest absolute Gasteiger partial charge is 0.306 e. The zero-order valence-electron chi connectivity index (χ0n) is 39.7. The molecule has 0 saturated heterocycles. The Kier molecular flexibility index (Phi) is 46.5. The molecule has 0 aromatic rings. The maximum absolute atomic E-state index is 12.7. The Morgan fingerprint density at radius 3 is 1.13 bits per heavy atom. The van der Waals surface area contributed by atoms with Crippen molar-refractivity contribution >= 4 is 17.9 Å². The van der Waals surface area contributed by atoms with Crippen LogP contribution in [0.15, 0.2) is 85.1 Å². The summed E-state index contributed by atoms with van der Waals surface area (Å²) in [5.74, 6) is -0.981. The fourth-order valence-corrected chi connectivity index (χ4v) is 6.66. The Balaban J connectivity index is 4.41. The van der Waals surface area contributed by atoms with Crippen molar-refractivity contribution in [3.63, 3.8) is 0 Å². The van der Waals surface area contributed by atoms with E-state index < -0.39 is 6.10 Å². The summed E-state index contributed by atoms with van der Waals surface area (Å²) in [6.07, 6.45) is 62.9. The van der Waals surface area contributed by atoms with Crippen LogP contribution in [0.1, 0.15) is 226 Å². The van der Waals surface area contributed by atoms with Gasteiger partial charge in [0.2, 0.25) is 0 Å². The number of carbonyl (C=O) groups excluding carboxylic acids is 3. The summed E-state index contributed by atoms with van der Waals surface area (Å²) in [7, 11) is 0. The van der Waals surface area contributed by atoms with E-state index in [-0.39, 0.29) is 37.5 Å². The molecule has 0 aromatic heterocycles. The van der Waals surface area contributed by atoms with Crippen LogP contribution in [0.25, 0.3) is 0 Å². The number of hydrogen-bond donors (Lipinski definition) is 0. The Labute approximate surface area is 375 Å². The van der Waals surface area contributed by atoms with Crippen molar-refractivity contribution in [1.82, 2.24) is 0 Å². The van der Waals surface area contributed by atoms with Crippen molar-refractivity contribution in [1.29, 1.82) is 0 Å². The molecule has 1 unspecified atom stereocenters. The molecule has 348 valence electrons. The van der Waals surface area contributed by atoms with Crippen LogP contribution >= 0.6 is 0 Å². The first-order valence-electron chi connectivity index (χ1n) is 25.2. The second kappa shape index (κ2) is 49.2. The van der Waals surface area contributed by atoms with Gasteiger partial charge in [0, 0.05) is 19.3 Å². The summed E-state index contributed by atoms with van der Waals surface area (Å²) in [6, 6.07) is 0. The molecule has 0 radical (unpaired) electrons. The molecular formula is C55H92O6. The number of ether oxygens (including phenoxy) is 3. The van der Waals surface area contributed by atoms with Crippen LogP contribution in [0.2, 0.25) is 0 Å². The first kappa shape index (κ1) is 57.6. The van der Waals surface area contributed by atoms with Gasteiger partial charge in [-0.1, -0.05) is 209 Å². The van der Waals surface area contributed by atoms with Gasteiger partial charge in [0.1, 0.15) is 13.2 Å². The Hall–Kier alpha value is -3.41. The monoisotopic (exact) mass is 849 g/mol. The summed E-state index contributed by atoms with van der Waals surface area (Å²) in [4.78, 5) is 37.9. The number of allylic oxidation sites excluding steroid dienone is 14. The average molecular weight is 849 g/mol. The molecule has 1 atom stereocenters. The maximum atomic E-state index is 12.7. The van der Waals surface area contributed by atoms with E-state index in [4.69, 9.17) is 14.2 Å². The number of carbonyl (C=O) groups is 3. The minimum Gasteiger partial charge on any atom is -0.462 e. The first-order valence-corrected chi connectivity index (χ1v) is 25.2. The highest BCUT2D eigenvalue weighted by Crippen LogP contribution is 2.14. The van der Waals surface area contributed by atoms with Crippen molar-refractivity contribution < 1.29 is 28.6 Å². The van der Waals surface area contributed by atoms with Crippen LogP contribution in [0, 0.1) is 0 Å². The molecule has 0 aromatic carbocycles. The van der Waals surface area contributed by atoms with E-state index in [1.54, 1.807) is 0 Å². The van der Waals surface area contributed by atoms with Crippen molar-refractivity contribution in [3.8, 4) is 0 Å². The van der Waals surface area contributed by atoms with Crippen LogP contribution in [0.5, 0.6) is 0 Å². The van der Waals surface area contributed by atoms with E-state index in [0.717, 1.165) is 77.0 Å². The highest BCUT2D eigenvalue weighted by molar-refractivity contribution is 5.71. The van der Waals surface area contributed by atoms with Crippen molar-refractivity contribution in [2.45, 2.75) is 232 Å². The van der Waals surface area contributed by atoms with E-state index in [1.165, 1.54) is 103 Å². The molecule has 0 aliphatic rings. The number of hydrogen-bond acceptors (Lipinski definition) is 6. The van der Waals surface area contributed by atoms with E-state index in [0.29, 0.717) is 19.3 Å². The highest BCUT2D eigenvalue weighted by Gasteiger charge is 2.19. The predicted molar refractivity (Wildman–Crippen MR) is 261 cm³/mol. The van der Waals surface area contributed by atoms with Gasteiger partial charge in [-0.25, -0.2) is 0 Å². The quantitative estimate of drug-likeness (QED) is 0.0200. The Bertz CT molecular complexity index is 1200. The molecule has 0 bridgehead atoms. The largest absolute Gasteiger partial charge is 0.462 e. The lowest BCUT2D eigenvalue weighted by Crippen LogP contribution is -2.30. The summed E-state index contributed by atoms with van der Waals surface area (Å²) < 4.78 is 16.7. The molecule has 0 saturated carbocycles. The normalized spacial score (nSPS) is 12.8. The third kappa shape index (κ3) is 47.5. The number of esters is 3. The van der Waals surface area contributed by atoms with Crippen LogP contribution in [-0.4, -0.2) is 37.2 Å². The van der Waals surface area contributed by atoms with Gasteiger partial charge in [0.15, 0.2) is 6.10 Å². The second-order valence-electron chi connectivity index (χ2n) is 16.5. The van der Waals surface area contributed by atoms with Crippen LogP contribution in [0.3, 0.4) is 0 Å². The van der Waals surface area contributed by atoms with Gasteiger partial charge >= 0.3 is 17.9 Å². The van der Waals surface area contributed by atoms with Crippen LogP contribution in [-0.2, 0) is 28.6 Å². The summed E-state index contributed by atoms with van der Waals surface area (Å²) in [5, 5.41) is 0. The van der Waals surface area contributed by atoms with Gasteiger partial charge in [-0.2, -0.15) is 0 Å². The first-order chi connectivity index (χ1) is 30.0. The predicted octanol–water partition coefficient (Wildman–Crippen LogP) is 16.4. The molecule has 61 heavy (non-hydrogen) atoms. The van der Waals surface area contributed by atoms with E-state index in [2.05, 4.69) is 69.4 Å². The molecular weight excluding hydrogens is 757 g/mol. The second-order valence-corrected chi connectivity index (χ2v) is 16.5. The van der Waals surface area contributed by atoms with Gasteiger partial charge in [-0.15, -0.1) is 0 Å². The zero-order valence-corrected chi connectivity index (χ0v) is 39.7. The average Bonchev–Trinajstić information content (AvgIpc) is 3.26. The van der Waals surface area contributed by atoms with Crippen LogP contribution < -0.4 is 0 Å². The summed E-state index contributed by atoms with van der Waals surface area (Å²) >= 11 is 0. The molecule has 0 amide bonds. The molecule has 0 aliphatic heterocycles. The van der Waals surface area contributed by atoms with Gasteiger partial charge in [-0.3, -0.25) is 14.4 Å². The lowest BCUT2D eigenvalue weighted by molar-refractivity contribution is -0.167. The molecule has 0 aliphatic carbocycles. The topological polar surface area (TPSA) is 78.9 Å². The van der Waals surface area contributed by atoms with E-state index in [1.807, 2.05) is 36.5 Å². The van der Waals surface area contributed by atoms with Gasteiger partial charge in [0.25, 0.3) is 0 Å². The lowest BCUT2D eigenvalue weighted by Gasteiger charge is -2.18. The summed E-state index contributed by atoms with van der Waals surface area (Å²) in [5.41, 5.74) is 0. The number of rotatable bonds is 44. The van der Waals surface area contributed by atoms with Gasteiger partial charge in [0.05, 0.1) is 0 Å². The Morgan fingerprint density at radius 2 is 0.672 bits per heavy atom. The molecule has 6 heteroatoms. The van der Waals surface area contributed by atoms with Crippen molar-refractivity contribution in [3.05, 3.63) is 85.1 Å². The molecule has 0 fully saturated rings. The van der Waals surface area contributed by atoms with E-state index >= 15 is 0 Å². The van der Waals surface area contributed by atoms with E-state index in [9.17, 15) is 14.4 Å². The molecule has 0 heterocycles.